The molecule has 23 heavy (non-hydrogen) atoms. The highest BCUT2D eigenvalue weighted by Crippen LogP contribution is 2.21. The summed E-state index contributed by atoms with van der Waals surface area (Å²) in [7, 11) is -1.71. The number of nitrogens with zero attached hydrogens (tertiary/aromatic N) is 1. The van der Waals surface area contributed by atoms with Gasteiger partial charge in [0, 0.05) is 12.6 Å². The number of para-hydroxylation sites is 1. The fourth-order valence-corrected chi connectivity index (χ4v) is 2.79. The van der Waals surface area contributed by atoms with Crippen molar-refractivity contribution in [3.05, 3.63) is 60.2 Å². The number of sulfonamides is 1. The summed E-state index contributed by atoms with van der Waals surface area (Å²) in [6, 6.07) is 16.4. The van der Waals surface area contributed by atoms with Crippen molar-refractivity contribution in [3.63, 3.8) is 0 Å². The van der Waals surface area contributed by atoms with Crippen LogP contribution in [0, 0.1) is 0 Å². The molecule has 0 spiro atoms. The molecular formula is C17H22N2O3S. The van der Waals surface area contributed by atoms with Crippen molar-refractivity contribution in [2.75, 3.05) is 20.2 Å². The van der Waals surface area contributed by atoms with E-state index in [-0.39, 0.29) is 10.9 Å². The van der Waals surface area contributed by atoms with Gasteiger partial charge in [0.15, 0.2) is 0 Å². The summed E-state index contributed by atoms with van der Waals surface area (Å²) in [4.78, 5) is 2.24. The molecule has 0 unspecified atom stereocenters. The lowest BCUT2D eigenvalue weighted by molar-refractivity contribution is 0.201. The van der Waals surface area contributed by atoms with Crippen molar-refractivity contribution in [3.8, 4) is 5.75 Å². The van der Waals surface area contributed by atoms with Crippen LogP contribution in [-0.2, 0) is 10.0 Å². The van der Waals surface area contributed by atoms with Crippen molar-refractivity contribution >= 4 is 10.0 Å². The monoisotopic (exact) mass is 334 g/mol. The molecule has 0 radical (unpaired) electrons. The number of nitrogens with two attached hydrogens (primary N) is 1. The first-order valence-electron chi connectivity index (χ1n) is 7.39. The summed E-state index contributed by atoms with van der Waals surface area (Å²) in [5.74, 6) is 0.838. The standard InChI is InChI=1S/C17H22N2O3S/c1-14(15-7-6-10-17(13-15)23(18,20)21)19(2)11-12-22-16-8-4-3-5-9-16/h3-10,13-14H,11-12H2,1-2H3,(H2,18,20,21)/t14-/m1/s1. The van der Waals surface area contributed by atoms with Crippen LogP contribution in [0.15, 0.2) is 59.5 Å². The van der Waals surface area contributed by atoms with Crippen LogP contribution >= 0.6 is 0 Å². The van der Waals surface area contributed by atoms with E-state index >= 15 is 0 Å². The van der Waals surface area contributed by atoms with E-state index < -0.39 is 10.0 Å². The first-order valence-corrected chi connectivity index (χ1v) is 8.93. The zero-order valence-corrected chi connectivity index (χ0v) is 14.2. The van der Waals surface area contributed by atoms with Crippen LogP contribution in [-0.4, -0.2) is 33.5 Å². The van der Waals surface area contributed by atoms with Gasteiger partial charge in [-0.1, -0.05) is 30.3 Å². The van der Waals surface area contributed by atoms with Gasteiger partial charge >= 0.3 is 0 Å². The van der Waals surface area contributed by atoms with Crippen molar-refractivity contribution in [2.45, 2.75) is 17.9 Å². The van der Waals surface area contributed by atoms with E-state index in [1.54, 1.807) is 12.1 Å². The molecule has 0 aliphatic carbocycles. The fourth-order valence-electron chi connectivity index (χ4n) is 2.22. The van der Waals surface area contributed by atoms with Crippen LogP contribution in [0.25, 0.3) is 0 Å². The molecule has 0 amide bonds. The minimum absolute atomic E-state index is 0.0519. The molecule has 0 aliphatic heterocycles. The quantitative estimate of drug-likeness (QED) is 0.844. The van der Waals surface area contributed by atoms with Gasteiger partial charge in [0.1, 0.15) is 12.4 Å². The predicted octanol–water partition coefficient (Wildman–Crippen LogP) is 2.41. The van der Waals surface area contributed by atoms with E-state index in [0.717, 1.165) is 17.9 Å². The average Bonchev–Trinajstić information content (AvgIpc) is 2.54. The third kappa shape index (κ3) is 5.06. The lowest BCUT2D eigenvalue weighted by Gasteiger charge is -2.25. The number of rotatable bonds is 7. The molecule has 124 valence electrons. The van der Waals surface area contributed by atoms with Gasteiger partial charge < -0.3 is 4.74 Å². The molecule has 2 aromatic rings. The summed E-state index contributed by atoms with van der Waals surface area (Å²) >= 11 is 0. The number of ether oxygens (including phenoxy) is 1. The summed E-state index contributed by atoms with van der Waals surface area (Å²) in [5.41, 5.74) is 0.902. The Balaban J connectivity index is 1.95. The van der Waals surface area contributed by atoms with E-state index in [4.69, 9.17) is 9.88 Å². The molecule has 6 heteroatoms. The average molecular weight is 334 g/mol. The molecular weight excluding hydrogens is 312 g/mol. The fraction of sp³-hybridized carbons (Fsp3) is 0.294. The van der Waals surface area contributed by atoms with Crippen molar-refractivity contribution < 1.29 is 13.2 Å². The topological polar surface area (TPSA) is 72.6 Å². The van der Waals surface area contributed by atoms with Crippen molar-refractivity contribution in [1.82, 2.24) is 4.90 Å². The SMILES string of the molecule is C[C@H](c1cccc(S(N)(=O)=O)c1)N(C)CCOc1ccccc1. The lowest BCUT2D eigenvalue weighted by Crippen LogP contribution is -2.27. The molecule has 2 N–H and O–H groups in total. The Hall–Kier alpha value is -1.89. The maximum absolute atomic E-state index is 11.5. The predicted molar refractivity (Wildman–Crippen MR) is 90.8 cm³/mol. The Morgan fingerprint density at radius 3 is 2.48 bits per heavy atom. The maximum atomic E-state index is 11.5. The molecule has 5 nitrogen and oxygen atoms in total. The molecule has 0 aliphatic rings. The third-order valence-electron chi connectivity index (χ3n) is 3.79. The van der Waals surface area contributed by atoms with E-state index in [1.165, 1.54) is 6.07 Å². The Morgan fingerprint density at radius 1 is 1.13 bits per heavy atom. The molecule has 0 saturated carbocycles. The van der Waals surface area contributed by atoms with E-state index in [1.807, 2.05) is 50.4 Å². The molecule has 0 heterocycles. The number of hydrogen-bond acceptors (Lipinski definition) is 4. The van der Waals surface area contributed by atoms with E-state index in [9.17, 15) is 8.42 Å². The number of benzene rings is 2. The summed E-state index contributed by atoms with van der Waals surface area (Å²) < 4.78 is 28.6. The Bertz CT molecular complexity index is 733. The molecule has 0 fully saturated rings. The zero-order chi connectivity index (χ0) is 16.9. The van der Waals surface area contributed by atoms with Crippen LogP contribution in [0.1, 0.15) is 18.5 Å². The summed E-state index contributed by atoms with van der Waals surface area (Å²) in [5, 5.41) is 5.19. The van der Waals surface area contributed by atoms with Crippen molar-refractivity contribution in [2.24, 2.45) is 5.14 Å². The largest absolute Gasteiger partial charge is 0.492 e. The van der Waals surface area contributed by atoms with Gasteiger partial charge in [-0.3, -0.25) is 4.90 Å². The van der Waals surface area contributed by atoms with Crippen molar-refractivity contribution in [1.29, 1.82) is 0 Å². The first kappa shape index (κ1) is 17.5. The third-order valence-corrected chi connectivity index (χ3v) is 4.70. The van der Waals surface area contributed by atoms with Crippen LogP contribution in [0.2, 0.25) is 0 Å². The van der Waals surface area contributed by atoms with E-state index in [0.29, 0.717) is 6.61 Å². The minimum Gasteiger partial charge on any atom is -0.492 e. The molecule has 0 saturated heterocycles. The molecule has 2 rings (SSSR count). The van der Waals surface area contributed by atoms with Gasteiger partial charge in [0.25, 0.3) is 0 Å². The van der Waals surface area contributed by atoms with Crippen LogP contribution in [0.4, 0.5) is 0 Å². The second kappa shape index (κ2) is 7.59. The van der Waals surface area contributed by atoms with Gasteiger partial charge in [-0.2, -0.15) is 0 Å². The van der Waals surface area contributed by atoms with Crippen LogP contribution < -0.4 is 9.88 Å². The van der Waals surface area contributed by atoms with Gasteiger partial charge in [-0.25, -0.2) is 13.6 Å². The highest BCUT2D eigenvalue weighted by Gasteiger charge is 2.15. The Kier molecular flexibility index (Phi) is 5.76. The van der Waals surface area contributed by atoms with Gasteiger partial charge in [-0.05, 0) is 43.8 Å². The number of likely N-dealkylation sites (N-methyl/N-ethyl adjacent to an activating group) is 1. The number of hydrogen-bond donors (Lipinski definition) is 1. The first-order chi connectivity index (χ1) is 10.9. The lowest BCUT2D eigenvalue weighted by atomic mass is 10.1. The molecule has 0 bridgehead atoms. The molecule has 1 atom stereocenters. The zero-order valence-electron chi connectivity index (χ0n) is 13.3. The van der Waals surface area contributed by atoms with Crippen LogP contribution in [0.3, 0.4) is 0 Å². The van der Waals surface area contributed by atoms with Gasteiger partial charge in [-0.15, -0.1) is 0 Å². The number of primary sulfonamides is 1. The Labute approximate surface area is 137 Å². The normalized spacial score (nSPS) is 13.0. The molecule has 0 aromatic heterocycles. The summed E-state index contributed by atoms with van der Waals surface area (Å²) in [6.07, 6.45) is 0. The minimum atomic E-state index is -3.68. The van der Waals surface area contributed by atoms with Gasteiger partial charge in [0.05, 0.1) is 4.90 Å². The maximum Gasteiger partial charge on any atom is 0.238 e. The summed E-state index contributed by atoms with van der Waals surface area (Å²) in [6.45, 7) is 3.29. The Morgan fingerprint density at radius 2 is 1.83 bits per heavy atom. The highest BCUT2D eigenvalue weighted by molar-refractivity contribution is 7.89. The highest BCUT2D eigenvalue weighted by atomic mass is 32.2. The van der Waals surface area contributed by atoms with Gasteiger partial charge in [0.2, 0.25) is 10.0 Å². The van der Waals surface area contributed by atoms with E-state index in [2.05, 4.69) is 4.90 Å². The second-order valence-electron chi connectivity index (χ2n) is 5.44. The molecule has 2 aromatic carbocycles. The second-order valence-corrected chi connectivity index (χ2v) is 7.00. The smallest absolute Gasteiger partial charge is 0.238 e. The van der Waals surface area contributed by atoms with Crippen LogP contribution in [0.5, 0.6) is 5.75 Å².